The van der Waals surface area contributed by atoms with Crippen molar-refractivity contribution in [1.29, 1.82) is 0 Å². The average molecular weight is 199 g/mol. The van der Waals surface area contributed by atoms with Crippen LogP contribution in [0.3, 0.4) is 0 Å². The highest BCUT2D eigenvalue weighted by Crippen LogP contribution is 2.15. The molecule has 0 N–H and O–H groups in total. The highest BCUT2D eigenvalue weighted by Gasteiger charge is 1.97. The van der Waals surface area contributed by atoms with Gasteiger partial charge in [0.2, 0.25) is 0 Å². The highest BCUT2D eigenvalue weighted by atomic mass is 32.2. The molecule has 72 valence electrons. The van der Waals surface area contributed by atoms with E-state index in [2.05, 4.69) is 0 Å². The Kier molecular flexibility index (Phi) is 7.01. The molecule has 0 saturated heterocycles. The Morgan fingerprint density at radius 2 is 1.85 bits per heavy atom. The zero-order chi connectivity index (χ0) is 10.1. The van der Waals surface area contributed by atoms with Gasteiger partial charge < -0.3 is 0 Å². The van der Waals surface area contributed by atoms with Crippen molar-refractivity contribution in [1.82, 2.24) is 0 Å². The van der Waals surface area contributed by atoms with Gasteiger partial charge >= 0.3 is 0 Å². The summed E-state index contributed by atoms with van der Waals surface area (Å²) in [6.07, 6.45) is 0. The summed E-state index contributed by atoms with van der Waals surface area (Å²) in [5.74, 6) is -0.0655. The number of hydrogen-bond acceptors (Lipinski definition) is 3. The zero-order valence-corrected chi connectivity index (χ0v) is 8.58. The third kappa shape index (κ3) is 6.16. The lowest BCUT2D eigenvalue weighted by molar-refractivity contribution is -0.456. The van der Waals surface area contributed by atoms with Crippen molar-refractivity contribution in [3.8, 4) is 0 Å². The van der Waals surface area contributed by atoms with Gasteiger partial charge in [0.25, 0.3) is 5.88 Å². The molecule has 0 aliphatic heterocycles. The van der Waals surface area contributed by atoms with Crippen LogP contribution in [0.5, 0.6) is 0 Å². The minimum absolute atomic E-state index is 0.0655. The SMILES string of the molecule is CC.O=[N+]([O-])CSc1ccccc1. The largest absolute Gasteiger partial charge is 0.264 e. The molecule has 0 aromatic heterocycles. The van der Waals surface area contributed by atoms with E-state index in [1.54, 1.807) is 0 Å². The number of nitrogens with zero attached hydrogens (tertiary/aromatic N) is 1. The lowest BCUT2D eigenvalue weighted by Gasteiger charge is -1.93. The van der Waals surface area contributed by atoms with E-state index in [0.29, 0.717) is 0 Å². The molecule has 0 aliphatic carbocycles. The molecule has 0 radical (unpaired) electrons. The van der Waals surface area contributed by atoms with Crippen LogP contribution in [0.2, 0.25) is 0 Å². The van der Waals surface area contributed by atoms with Gasteiger partial charge in [0.15, 0.2) is 0 Å². The Morgan fingerprint density at radius 1 is 1.31 bits per heavy atom. The lowest BCUT2D eigenvalue weighted by Crippen LogP contribution is -1.94. The molecule has 4 heteroatoms. The number of nitro groups is 1. The minimum Gasteiger partial charge on any atom is -0.264 e. The maximum absolute atomic E-state index is 9.96. The molecule has 1 aromatic carbocycles. The van der Waals surface area contributed by atoms with Crippen molar-refractivity contribution in [2.24, 2.45) is 0 Å². The van der Waals surface area contributed by atoms with Crippen molar-refractivity contribution in [3.05, 3.63) is 40.4 Å². The van der Waals surface area contributed by atoms with E-state index in [9.17, 15) is 10.1 Å². The molecule has 0 amide bonds. The molecule has 0 aliphatic rings. The first-order chi connectivity index (χ1) is 6.29. The van der Waals surface area contributed by atoms with Gasteiger partial charge in [-0.1, -0.05) is 43.8 Å². The van der Waals surface area contributed by atoms with Crippen molar-refractivity contribution < 1.29 is 4.92 Å². The molecular weight excluding hydrogens is 186 g/mol. The Morgan fingerprint density at radius 3 is 2.31 bits per heavy atom. The number of benzene rings is 1. The standard InChI is InChI=1S/C7H7NO2S.C2H6/c9-8(10)6-11-7-4-2-1-3-5-7;1-2/h1-5H,6H2;1-2H3. The fourth-order valence-corrected chi connectivity index (χ4v) is 1.25. The third-order valence-corrected chi connectivity index (χ3v) is 2.03. The van der Waals surface area contributed by atoms with Crippen LogP contribution in [0.25, 0.3) is 0 Å². The van der Waals surface area contributed by atoms with Gasteiger partial charge in [-0.25, -0.2) is 0 Å². The molecule has 0 bridgehead atoms. The van der Waals surface area contributed by atoms with Crippen LogP contribution < -0.4 is 0 Å². The second-order valence-electron chi connectivity index (χ2n) is 1.92. The molecule has 0 fully saturated rings. The molecule has 0 saturated carbocycles. The van der Waals surface area contributed by atoms with Crippen LogP contribution in [0.4, 0.5) is 0 Å². The number of hydrogen-bond donors (Lipinski definition) is 0. The molecule has 0 unspecified atom stereocenters. The maximum atomic E-state index is 9.96. The van der Waals surface area contributed by atoms with E-state index in [4.69, 9.17) is 0 Å². The van der Waals surface area contributed by atoms with Gasteiger partial charge in [-0.05, 0) is 12.1 Å². The zero-order valence-electron chi connectivity index (χ0n) is 7.77. The fourth-order valence-electron chi connectivity index (χ4n) is 0.644. The van der Waals surface area contributed by atoms with Crippen LogP contribution in [-0.4, -0.2) is 10.8 Å². The fraction of sp³-hybridized carbons (Fsp3) is 0.333. The summed E-state index contributed by atoms with van der Waals surface area (Å²) in [5.41, 5.74) is 0. The molecule has 0 atom stereocenters. The molecule has 1 rings (SSSR count). The van der Waals surface area contributed by atoms with Gasteiger partial charge in [0.05, 0.1) is 0 Å². The summed E-state index contributed by atoms with van der Waals surface area (Å²) in [5, 5.41) is 9.96. The summed E-state index contributed by atoms with van der Waals surface area (Å²) in [7, 11) is 0. The summed E-state index contributed by atoms with van der Waals surface area (Å²) < 4.78 is 0. The number of thioether (sulfide) groups is 1. The predicted octanol–water partition coefficient (Wildman–Crippen LogP) is 3.04. The van der Waals surface area contributed by atoms with Crippen molar-refractivity contribution in [3.63, 3.8) is 0 Å². The molecule has 0 spiro atoms. The van der Waals surface area contributed by atoms with E-state index in [1.165, 1.54) is 11.8 Å². The average Bonchev–Trinajstić information content (AvgIpc) is 2.19. The third-order valence-electron chi connectivity index (χ3n) is 1.08. The Labute approximate surface area is 82.3 Å². The monoisotopic (exact) mass is 199 g/mol. The smallest absolute Gasteiger partial charge is 0.253 e. The van der Waals surface area contributed by atoms with Gasteiger partial charge in [0, 0.05) is 9.82 Å². The highest BCUT2D eigenvalue weighted by molar-refractivity contribution is 7.99. The summed E-state index contributed by atoms with van der Waals surface area (Å²) in [6, 6.07) is 9.32. The summed E-state index contributed by atoms with van der Waals surface area (Å²) in [4.78, 5) is 10.6. The van der Waals surface area contributed by atoms with Crippen molar-refractivity contribution >= 4 is 11.8 Å². The molecule has 0 heterocycles. The van der Waals surface area contributed by atoms with E-state index in [0.717, 1.165) is 4.90 Å². The van der Waals surface area contributed by atoms with Gasteiger partial charge in [-0.2, -0.15) is 0 Å². The molecule has 13 heavy (non-hydrogen) atoms. The first-order valence-corrected chi connectivity index (χ1v) is 5.07. The molecule has 1 aromatic rings. The van der Waals surface area contributed by atoms with Crippen LogP contribution in [0.15, 0.2) is 35.2 Å². The first-order valence-electron chi connectivity index (χ1n) is 4.08. The summed E-state index contributed by atoms with van der Waals surface area (Å²) in [6.45, 7) is 4.00. The normalized spacial score (nSPS) is 8.46. The predicted molar refractivity (Wildman–Crippen MR) is 55.5 cm³/mol. The van der Waals surface area contributed by atoms with Gasteiger partial charge in [-0.15, -0.1) is 0 Å². The van der Waals surface area contributed by atoms with Gasteiger partial charge in [-0.3, -0.25) is 10.1 Å². The van der Waals surface area contributed by atoms with E-state index in [1.807, 2.05) is 44.2 Å². The van der Waals surface area contributed by atoms with E-state index < -0.39 is 0 Å². The number of rotatable bonds is 3. The Hall–Kier alpha value is -1.03. The topological polar surface area (TPSA) is 43.1 Å². The Bertz CT molecular complexity index is 239. The minimum atomic E-state index is -0.336. The second-order valence-corrected chi connectivity index (χ2v) is 2.94. The van der Waals surface area contributed by atoms with Crippen molar-refractivity contribution in [2.75, 3.05) is 5.88 Å². The molecular formula is C9H13NO2S. The van der Waals surface area contributed by atoms with Gasteiger partial charge in [0.1, 0.15) is 0 Å². The molecule has 3 nitrogen and oxygen atoms in total. The maximum Gasteiger partial charge on any atom is 0.253 e. The van der Waals surface area contributed by atoms with Crippen LogP contribution in [0.1, 0.15) is 13.8 Å². The van der Waals surface area contributed by atoms with Crippen LogP contribution in [-0.2, 0) is 0 Å². The van der Waals surface area contributed by atoms with E-state index in [-0.39, 0.29) is 10.8 Å². The van der Waals surface area contributed by atoms with Crippen LogP contribution >= 0.6 is 11.8 Å². The Balaban J connectivity index is 0.000000671. The first kappa shape index (κ1) is 12.0. The summed E-state index contributed by atoms with van der Waals surface area (Å²) >= 11 is 1.23. The van der Waals surface area contributed by atoms with E-state index >= 15 is 0 Å². The van der Waals surface area contributed by atoms with Crippen LogP contribution in [0, 0.1) is 10.1 Å². The van der Waals surface area contributed by atoms with Crippen molar-refractivity contribution in [2.45, 2.75) is 18.7 Å². The second kappa shape index (κ2) is 7.61. The lowest BCUT2D eigenvalue weighted by atomic mass is 10.4. The quantitative estimate of drug-likeness (QED) is 0.325.